The molecular weight excluding hydrogens is 328 g/mol. The number of hydrogen-bond acceptors (Lipinski definition) is 5. The third-order valence-electron chi connectivity index (χ3n) is 5.22. The lowest BCUT2D eigenvalue weighted by molar-refractivity contribution is -0.147. The van der Waals surface area contributed by atoms with Crippen LogP contribution < -0.4 is 0 Å². The van der Waals surface area contributed by atoms with E-state index < -0.39 is 0 Å². The van der Waals surface area contributed by atoms with Gasteiger partial charge in [-0.1, -0.05) is 35.3 Å². The Morgan fingerprint density at radius 2 is 2.25 bits per heavy atom. The molecule has 126 valence electrons. The van der Waals surface area contributed by atoms with Crippen LogP contribution in [0.25, 0.3) is 11.4 Å². The fourth-order valence-electron chi connectivity index (χ4n) is 4.10. The van der Waals surface area contributed by atoms with Crippen molar-refractivity contribution in [3.8, 4) is 11.4 Å². The van der Waals surface area contributed by atoms with Crippen molar-refractivity contribution in [2.24, 2.45) is 17.8 Å². The molecule has 0 spiro atoms. The van der Waals surface area contributed by atoms with Crippen LogP contribution in [0, 0.1) is 17.8 Å². The molecule has 5 nitrogen and oxygen atoms in total. The van der Waals surface area contributed by atoms with Gasteiger partial charge in [0.15, 0.2) is 6.61 Å². The molecule has 1 aromatic carbocycles. The van der Waals surface area contributed by atoms with Gasteiger partial charge in [-0.3, -0.25) is 4.79 Å². The van der Waals surface area contributed by atoms with Gasteiger partial charge in [0, 0.05) is 17.0 Å². The van der Waals surface area contributed by atoms with Crippen molar-refractivity contribution in [3.63, 3.8) is 0 Å². The molecule has 6 heteroatoms. The minimum Gasteiger partial charge on any atom is -0.456 e. The Morgan fingerprint density at radius 1 is 1.33 bits per heavy atom. The Balaban J connectivity index is 1.31. The quantitative estimate of drug-likeness (QED) is 0.757. The molecule has 2 bridgehead atoms. The average molecular weight is 347 g/mol. The van der Waals surface area contributed by atoms with Crippen molar-refractivity contribution >= 4 is 17.6 Å². The van der Waals surface area contributed by atoms with E-state index in [0.717, 1.165) is 17.4 Å². The van der Waals surface area contributed by atoms with Gasteiger partial charge >= 0.3 is 5.97 Å². The first-order chi connectivity index (χ1) is 11.7. The van der Waals surface area contributed by atoms with Crippen molar-refractivity contribution in [1.82, 2.24) is 10.1 Å². The molecule has 0 amide bonds. The van der Waals surface area contributed by atoms with Crippen LogP contribution in [0.15, 0.2) is 28.8 Å². The van der Waals surface area contributed by atoms with E-state index >= 15 is 0 Å². The summed E-state index contributed by atoms with van der Waals surface area (Å²) in [4.78, 5) is 16.3. The van der Waals surface area contributed by atoms with Gasteiger partial charge in [-0.2, -0.15) is 4.98 Å². The Labute approximate surface area is 145 Å². The van der Waals surface area contributed by atoms with Crippen LogP contribution >= 0.6 is 11.6 Å². The zero-order valence-electron chi connectivity index (χ0n) is 13.3. The first kappa shape index (κ1) is 15.6. The standard InChI is InChI=1S/C18H19ClN2O3/c19-15-3-1-2-13(8-15)18-20-16(24-21-18)10-23-17(22)9-14-7-11-4-5-12(14)6-11/h1-3,8,11-12,14H,4-7,9-10H2/t11-,12+,14+/m0/s1. The van der Waals surface area contributed by atoms with E-state index in [0.29, 0.717) is 29.1 Å². The number of aromatic nitrogens is 2. The molecule has 2 saturated carbocycles. The Morgan fingerprint density at radius 3 is 3.00 bits per heavy atom. The molecule has 2 aliphatic rings. The van der Waals surface area contributed by atoms with Crippen molar-refractivity contribution < 1.29 is 14.1 Å². The minimum absolute atomic E-state index is 0.0210. The largest absolute Gasteiger partial charge is 0.456 e. The fourth-order valence-corrected chi connectivity index (χ4v) is 4.29. The molecule has 0 aliphatic heterocycles. The van der Waals surface area contributed by atoms with Gasteiger partial charge in [-0.25, -0.2) is 0 Å². The number of carbonyl (C=O) groups is 1. The Hall–Kier alpha value is -1.88. The molecular formula is C18H19ClN2O3. The van der Waals surface area contributed by atoms with Gasteiger partial charge in [0.25, 0.3) is 5.89 Å². The normalized spacial score (nSPS) is 25.1. The number of benzene rings is 1. The lowest BCUT2D eigenvalue weighted by atomic mass is 9.86. The molecule has 2 aromatic rings. The maximum Gasteiger partial charge on any atom is 0.306 e. The number of rotatable bonds is 5. The summed E-state index contributed by atoms with van der Waals surface area (Å²) in [7, 11) is 0. The van der Waals surface area contributed by atoms with Crippen molar-refractivity contribution in [3.05, 3.63) is 35.2 Å². The number of fused-ring (bicyclic) bond motifs is 2. The molecule has 2 fully saturated rings. The summed E-state index contributed by atoms with van der Waals surface area (Å²) < 4.78 is 10.5. The molecule has 3 atom stereocenters. The summed E-state index contributed by atoms with van der Waals surface area (Å²) in [5.74, 6) is 2.63. The van der Waals surface area contributed by atoms with Crippen LogP contribution in [0.1, 0.15) is 38.0 Å². The highest BCUT2D eigenvalue weighted by molar-refractivity contribution is 6.30. The number of esters is 1. The Kier molecular flexibility index (Phi) is 4.27. The maximum absolute atomic E-state index is 12.0. The van der Waals surface area contributed by atoms with Crippen LogP contribution in [0.4, 0.5) is 0 Å². The minimum atomic E-state index is -0.171. The summed E-state index contributed by atoms with van der Waals surface area (Å²) in [5, 5.41) is 4.51. The van der Waals surface area contributed by atoms with Gasteiger partial charge in [-0.15, -0.1) is 0 Å². The first-order valence-corrected chi connectivity index (χ1v) is 8.79. The molecule has 2 aliphatic carbocycles. The van der Waals surface area contributed by atoms with Crippen molar-refractivity contribution in [1.29, 1.82) is 0 Å². The molecule has 4 rings (SSSR count). The number of halogens is 1. The molecule has 0 radical (unpaired) electrons. The van der Waals surface area contributed by atoms with Crippen LogP contribution in [0.2, 0.25) is 5.02 Å². The predicted molar refractivity (Wildman–Crippen MR) is 88.1 cm³/mol. The van der Waals surface area contributed by atoms with Gasteiger partial charge in [0.1, 0.15) is 0 Å². The van der Waals surface area contributed by atoms with Gasteiger partial charge in [-0.05, 0) is 49.1 Å². The van der Waals surface area contributed by atoms with Crippen molar-refractivity contribution in [2.75, 3.05) is 0 Å². The summed E-state index contributed by atoms with van der Waals surface area (Å²) in [5.41, 5.74) is 0.769. The smallest absolute Gasteiger partial charge is 0.306 e. The monoisotopic (exact) mass is 346 g/mol. The van der Waals surface area contributed by atoms with E-state index in [2.05, 4.69) is 10.1 Å². The maximum atomic E-state index is 12.0. The highest BCUT2D eigenvalue weighted by Gasteiger charge is 2.40. The second-order valence-corrected chi connectivity index (χ2v) is 7.26. The molecule has 0 unspecified atom stereocenters. The highest BCUT2D eigenvalue weighted by Crippen LogP contribution is 2.49. The van der Waals surface area contributed by atoms with E-state index in [-0.39, 0.29) is 12.6 Å². The zero-order chi connectivity index (χ0) is 16.5. The number of nitrogens with zero attached hydrogens (tertiary/aromatic N) is 2. The number of hydrogen-bond donors (Lipinski definition) is 0. The average Bonchev–Trinajstić information content (AvgIpc) is 3.29. The lowest BCUT2D eigenvalue weighted by Gasteiger charge is -2.20. The second kappa shape index (κ2) is 6.55. The topological polar surface area (TPSA) is 65.2 Å². The SMILES string of the molecule is O=C(C[C@H]1C[C@H]2CC[C@@H]1C2)OCc1nc(-c2cccc(Cl)c2)no1. The third-order valence-corrected chi connectivity index (χ3v) is 5.46. The van der Waals surface area contributed by atoms with Crippen LogP contribution in [0.3, 0.4) is 0 Å². The molecule has 24 heavy (non-hydrogen) atoms. The highest BCUT2D eigenvalue weighted by atomic mass is 35.5. The lowest BCUT2D eigenvalue weighted by Crippen LogP contribution is -2.17. The van der Waals surface area contributed by atoms with Crippen LogP contribution in [-0.2, 0) is 16.1 Å². The summed E-state index contributed by atoms with van der Waals surface area (Å²) in [6, 6.07) is 7.21. The molecule has 1 heterocycles. The van der Waals surface area contributed by atoms with Gasteiger partial charge < -0.3 is 9.26 Å². The van der Waals surface area contributed by atoms with E-state index in [1.54, 1.807) is 12.1 Å². The van der Waals surface area contributed by atoms with Crippen molar-refractivity contribution in [2.45, 2.75) is 38.7 Å². The summed E-state index contributed by atoms with van der Waals surface area (Å²) in [6.07, 6.45) is 5.60. The molecule has 0 saturated heterocycles. The molecule has 0 N–H and O–H groups in total. The van der Waals surface area contributed by atoms with Gasteiger partial charge in [0.2, 0.25) is 5.82 Å². The second-order valence-electron chi connectivity index (χ2n) is 6.82. The van der Waals surface area contributed by atoms with E-state index in [1.165, 1.54) is 25.7 Å². The fraction of sp³-hybridized carbons (Fsp3) is 0.500. The van der Waals surface area contributed by atoms with Gasteiger partial charge in [0.05, 0.1) is 0 Å². The summed E-state index contributed by atoms with van der Waals surface area (Å²) in [6.45, 7) is 0.0210. The van der Waals surface area contributed by atoms with Crippen LogP contribution in [-0.4, -0.2) is 16.1 Å². The Bertz CT molecular complexity index is 745. The summed E-state index contributed by atoms with van der Waals surface area (Å²) >= 11 is 5.96. The third kappa shape index (κ3) is 3.31. The van der Waals surface area contributed by atoms with E-state index in [9.17, 15) is 4.79 Å². The number of ether oxygens (including phenoxy) is 1. The predicted octanol–water partition coefficient (Wildman–Crippen LogP) is 4.26. The number of carbonyl (C=O) groups excluding carboxylic acids is 1. The molecule has 1 aromatic heterocycles. The van der Waals surface area contributed by atoms with E-state index in [1.807, 2.05) is 12.1 Å². The first-order valence-electron chi connectivity index (χ1n) is 8.41. The zero-order valence-corrected chi connectivity index (χ0v) is 14.0. The van der Waals surface area contributed by atoms with Crippen LogP contribution in [0.5, 0.6) is 0 Å². The van der Waals surface area contributed by atoms with E-state index in [4.69, 9.17) is 20.9 Å².